The highest BCUT2D eigenvalue weighted by molar-refractivity contribution is 5.97. The second-order valence-corrected chi connectivity index (χ2v) is 16.4. The summed E-state index contributed by atoms with van der Waals surface area (Å²) in [5, 5.41) is 15.5. The molecule has 0 aliphatic carbocycles. The average molecular weight is 793 g/mol. The van der Waals surface area contributed by atoms with Gasteiger partial charge in [-0.15, -0.1) is 12.4 Å². The van der Waals surface area contributed by atoms with E-state index in [-0.39, 0.29) is 25.5 Å². The van der Waals surface area contributed by atoms with Crippen LogP contribution >= 0.6 is 12.4 Å². The number of hydrogen-bond acceptors (Lipinski definition) is 12. The first-order chi connectivity index (χ1) is 24.5. The van der Waals surface area contributed by atoms with Crippen molar-refractivity contribution < 1.29 is 47.6 Å². The molecule has 0 radical (unpaired) electrons. The topological polar surface area (TPSA) is 178 Å². The Kier molecular flexibility index (Phi) is 18.4. The van der Waals surface area contributed by atoms with Gasteiger partial charge in [-0.2, -0.15) is 0 Å². The normalized spacial score (nSPS) is 11.3. The molecule has 0 atom stereocenters. The van der Waals surface area contributed by atoms with Crippen molar-refractivity contribution in [2.75, 3.05) is 14.2 Å². The van der Waals surface area contributed by atoms with Crippen molar-refractivity contribution in [1.82, 2.24) is 9.80 Å². The summed E-state index contributed by atoms with van der Waals surface area (Å²) in [6.45, 7) is 23.9. The minimum absolute atomic E-state index is 0. The minimum Gasteiger partial charge on any atom is -0.496 e. The van der Waals surface area contributed by atoms with Gasteiger partial charge >= 0.3 is 24.4 Å². The van der Waals surface area contributed by atoms with Crippen LogP contribution in [0.1, 0.15) is 119 Å². The van der Waals surface area contributed by atoms with Gasteiger partial charge in [0.2, 0.25) is 0 Å². The molecule has 0 saturated carbocycles. The van der Waals surface area contributed by atoms with Gasteiger partial charge in [0.05, 0.1) is 27.3 Å². The van der Waals surface area contributed by atoms with Crippen LogP contribution in [0, 0.1) is 10.8 Å². The largest absolute Gasteiger partial charge is 0.496 e. The summed E-state index contributed by atoms with van der Waals surface area (Å²) < 4.78 is 32.2. The Hall–Kier alpha value is -4.85. The van der Waals surface area contributed by atoms with Crippen LogP contribution in [0.3, 0.4) is 0 Å². The molecule has 4 amide bonds. The van der Waals surface area contributed by atoms with Gasteiger partial charge in [0.1, 0.15) is 33.9 Å². The molecule has 14 nitrogen and oxygen atoms in total. The summed E-state index contributed by atoms with van der Waals surface area (Å²) in [5.74, 6) is 0.937. The van der Waals surface area contributed by atoms with E-state index < -0.39 is 46.8 Å². The molecule has 0 unspecified atom stereocenters. The van der Waals surface area contributed by atoms with E-state index in [9.17, 15) is 19.2 Å². The van der Waals surface area contributed by atoms with E-state index in [0.29, 0.717) is 45.2 Å². The molecule has 0 heterocycles. The van der Waals surface area contributed by atoms with Crippen molar-refractivity contribution in [2.45, 2.75) is 132 Å². The van der Waals surface area contributed by atoms with Gasteiger partial charge in [-0.25, -0.2) is 29.0 Å². The average Bonchev–Trinajstić information content (AvgIpc) is 2.98. The van der Waals surface area contributed by atoms with E-state index >= 15 is 0 Å². The van der Waals surface area contributed by atoms with E-state index in [0.717, 1.165) is 9.80 Å². The number of methoxy groups -OCH3 is 2. The number of imide groups is 2. The quantitative estimate of drug-likeness (QED) is 0.193. The fraction of sp³-hybridized carbons (Fsp3) is 0.550. The first-order valence-electron chi connectivity index (χ1n) is 17.4. The molecular weight excluding hydrogens is 732 g/mol. The molecule has 15 heteroatoms. The van der Waals surface area contributed by atoms with Crippen LogP contribution in [0.4, 0.5) is 19.2 Å². The van der Waals surface area contributed by atoms with Crippen LogP contribution in [0.25, 0.3) is 0 Å². The summed E-state index contributed by atoms with van der Waals surface area (Å²) in [7, 11) is 2.99. The van der Waals surface area contributed by atoms with Gasteiger partial charge in [-0.1, -0.05) is 24.3 Å². The molecule has 0 aliphatic rings. The highest BCUT2D eigenvalue weighted by Crippen LogP contribution is 2.26. The molecule has 0 saturated heterocycles. The highest BCUT2D eigenvalue weighted by atomic mass is 35.5. The lowest BCUT2D eigenvalue weighted by molar-refractivity contribution is -0.00244. The van der Waals surface area contributed by atoms with E-state index in [1.54, 1.807) is 133 Å². The molecule has 2 aromatic carbocycles. The maximum Gasteiger partial charge on any atom is 0.420 e. The molecule has 0 bridgehead atoms. The summed E-state index contributed by atoms with van der Waals surface area (Å²) in [5.41, 5.74) is 0.301. The minimum atomic E-state index is -0.800. The van der Waals surface area contributed by atoms with Gasteiger partial charge in [0.15, 0.2) is 0 Å². The molecule has 0 aliphatic heterocycles. The summed E-state index contributed by atoms with van der Waals surface area (Å²) >= 11 is 0. The summed E-state index contributed by atoms with van der Waals surface area (Å²) in [6, 6.07) is 10.3. The molecule has 308 valence electrons. The van der Waals surface area contributed by atoms with Crippen LogP contribution in [0.2, 0.25) is 0 Å². The number of nitrogens with one attached hydrogen (secondary N) is 2. The fourth-order valence-corrected chi connectivity index (χ4v) is 4.23. The second-order valence-electron chi connectivity index (χ2n) is 16.4. The number of hydrogen-bond donors (Lipinski definition) is 2. The SMILES string of the molecule is COc1cc(C(C)=N)ccc1CN(C(=O)OC(C)(C)C)C(=O)OC(C)(C)C.COc1cc(C(C)=N)ccc1CN(C(=O)OC(C)(C)C)C(=O)OC(C)(C)C.Cl. The van der Waals surface area contributed by atoms with Crippen LogP contribution in [-0.2, 0) is 32.0 Å². The number of carbonyl (C=O) groups excluding carboxylic acids is 4. The lowest BCUT2D eigenvalue weighted by atomic mass is 10.1. The van der Waals surface area contributed by atoms with Gasteiger partial charge in [0, 0.05) is 22.6 Å². The maximum absolute atomic E-state index is 12.6. The summed E-state index contributed by atoms with van der Waals surface area (Å²) in [6.07, 6.45) is -3.20. The van der Waals surface area contributed by atoms with Gasteiger partial charge < -0.3 is 39.2 Å². The third-order valence-electron chi connectivity index (χ3n) is 6.55. The smallest absolute Gasteiger partial charge is 0.420 e. The fourth-order valence-electron chi connectivity index (χ4n) is 4.23. The van der Waals surface area contributed by atoms with Crippen molar-refractivity contribution in [2.24, 2.45) is 0 Å². The Balaban J connectivity index is 0.00000104. The lowest BCUT2D eigenvalue weighted by Gasteiger charge is -2.29. The number of rotatable bonds is 8. The number of amides is 4. The van der Waals surface area contributed by atoms with Crippen LogP contribution < -0.4 is 9.47 Å². The van der Waals surface area contributed by atoms with Gasteiger partial charge in [-0.05, 0) is 120 Å². The number of carbonyl (C=O) groups is 4. The number of halogens is 1. The Bertz CT molecular complexity index is 1500. The Morgan fingerprint density at radius 1 is 0.509 bits per heavy atom. The van der Waals surface area contributed by atoms with Crippen molar-refractivity contribution in [3.63, 3.8) is 0 Å². The van der Waals surface area contributed by atoms with Gasteiger partial charge in [0.25, 0.3) is 0 Å². The molecular formula is C40H61ClN4O10. The monoisotopic (exact) mass is 792 g/mol. The Morgan fingerprint density at radius 3 is 0.927 bits per heavy atom. The number of benzene rings is 2. The highest BCUT2D eigenvalue weighted by Gasteiger charge is 2.33. The lowest BCUT2D eigenvalue weighted by Crippen LogP contribution is -2.43. The summed E-state index contributed by atoms with van der Waals surface area (Å²) in [4.78, 5) is 52.2. The molecule has 55 heavy (non-hydrogen) atoms. The second kappa shape index (κ2) is 20.2. The van der Waals surface area contributed by atoms with E-state index in [2.05, 4.69) is 0 Å². The predicted molar refractivity (Wildman–Crippen MR) is 214 cm³/mol. The zero-order chi connectivity index (χ0) is 42.0. The molecule has 2 aromatic rings. The van der Waals surface area contributed by atoms with Crippen molar-refractivity contribution >= 4 is 48.2 Å². The Labute approximate surface area is 332 Å². The number of nitrogens with zero attached hydrogens (tertiary/aromatic N) is 2. The molecule has 2 rings (SSSR count). The standard InChI is InChI=1S/2C20H30N2O5.ClH/c2*1-13(21)14-9-10-15(16(11-14)25-8)12-22(17(23)26-19(2,3)4)18(24)27-20(5,6)7;/h2*9-11,21H,12H2,1-8H3;1H. The molecule has 2 N–H and O–H groups in total. The van der Waals surface area contributed by atoms with E-state index in [1.807, 2.05) is 0 Å². The van der Waals surface area contributed by atoms with E-state index in [4.69, 9.17) is 39.2 Å². The molecule has 0 aromatic heterocycles. The van der Waals surface area contributed by atoms with Crippen LogP contribution in [-0.4, -0.2) is 82.2 Å². The van der Waals surface area contributed by atoms with Crippen LogP contribution in [0.15, 0.2) is 36.4 Å². The maximum atomic E-state index is 12.6. The van der Waals surface area contributed by atoms with Crippen molar-refractivity contribution in [3.8, 4) is 11.5 Å². The van der Waals surface area contributed by atoms with Crippen molar-refractivity contribution in [3.05, 3.63) is 58.7 Å². The zero-order valence-electron chi connectivity index (χ0n) is 35.3. The Morgan fingerprint density at radius 2 is 0.745 bits per heavy atom. The zero-order valence-corrected chi connectivity index (χ0v) is 36.1. The van der Waals surface area contributed by atoms with E-state index in [1.165, 1.54) is 14.2 Å². The first-order valence-corrected chi connectivity index (χ1v) is 17.4. The van der Waals surface area contributed by atoms with Crippen LogP contribution in [0.5, 0.6) is 11.5 Å². The third kappa shape index (κ3) is 18.4. The number of ether oxygens (including phenoxy) is 6. The predicted octanol–water partition coefficient (Wildman–Crippen LogP) is 9.93. The molecule has 0 fully saturated rings. The van der Waals surface area contributed by atoms with Crippen molar-refractivity contribution in [1.29, 1.82) is 10.8 Å². The third-order valence-corrected chi connectivity index (χ3v) is 6.55. The molecule has 0 spiro atoms. The van der Waals surface area contributed by atoms with Gasteiger partial charge in [-0.3, -0.25) is 0 Å². The first kappa shape index (κ1) is 50.1.